The van der Waals surface area contributed by atoms with Gasteiger partial charge in [0.2, 0.25) is 0 Å². The number of benzene rings is 1. The molecule has 2 aliphatic rings. The molecule has 0 radical (unpaired) electrons. The van der Waals surface area contributed by atoms with Crippen LogP contribution < -0.4 is 0 Å². The average molecular weight is 392 g/mol. The number of hydrogen-bond acceptors (Lipinski definition) is 5. The molecule has 4 rings (SSSR count). The Morgan fingerprint density at radius 2 is 1.90 bits per heavy atom. The second kappa shape index (κ2) is 8.90. The summed E-state index contributed by atoms with van der Waals surface area (Å²) in [6.07, 6.45) is 9.25. The Kier molecular flexibility index (Phi) is 5.89. The lowest BCUT2D eigenvalue weighted by Crippen LogP contribution is -2.27. The fourth-order valence-corrected chi connectivity index (χ4v) is 3.91. The van der Waals surface area contributed by atoms with Crippen molar-refractivity contribution in [1.29, 1.82) is 0 Å². The minimum Gasteiger partial charge on any atom is -0.459 e. The molecular weight excluding hydrogens is 368 g/mol. The number of cyclic esters (lactones) is 1. The first kappa shape index (κ1) is 19.2. The van der Waals surface area contributed by atoms with Gasteiger partial charge in [-0.3, -0.25) is 9.88 Å². The number of aromatic nitrogens is 1. The maximum absolute atomic E-state index is 12.7. The van der Waals surface area contributed by atoms with Gasteiger partial charge in [-0.15, -0.1) is 0 Å². The molecule has 29 heavy (non-hydrogen) atoms. The van der Waals surface area contributed by atoms with E-state index >= 15 is 0 Å². The lowest BCUT2D eigenvalue weighted by atomic mass is 9.98. The van der Waals surface area contributed by atoms with Gasteiger partial charge in [-0.25, -0.2) is 9.59 Å². The third-order valence-corrected chi connectivity index (χ3v) is 5.36. The molecule has 2 fully saturated rings. The van der Waals surface area contributed by atoms with Crippen LogP contribution in [0.5, 0.6) is 0 Å². The van der Waals surface area contributed by atoms with Crippen molar-refractivity contribution in [2.75, 3.05) is 6.61 Å². The number of hydrogen-bond donors (Lipinski definition) is 0. The molecule has 6 nitrogen and oxygen atoms in total. The molecule has 0 unspecified atom stereocenters. The van der Waals surface area contributed by atoms with Crippen molar-refractivity contribution in [3.63, 3.8) is 0 Å². The van der Waals surface area contributed by atoms with Gasteiger partial charge >= 0.3 is 12.1 Å². The van der Waals surface area contributed by atoms with Gasteiger partial charge in [-0.05, 0) is 43.4 Å². The summed E-state index contributed by atoms with van der Waals surface area (Å²) >= 11 is 0. The van der Waals surface area contributed by atoms with E-state index in [1.807, 2.05) is 36.4 Å². The number of carbonyl (C=O) groups excluding carboxylic acids is 2. The summed E-state index contributed by atoms with van der Waals surface area (Å²) in [5.41, 5.74) is 2.04. The van der Waals surface area contributed by atoms with Crippen molar-refractivity contribution in [1.82, 2.24) is 9.88 Å². The van der Waals surface area contributed by atoms with E-state index in [4.69, 9.17) is 9.47 Å². The van der Waals surface area contributed by atoms with Gasteiger partial charge in [0, 0.05) is 24.0 Å². The Hall–Kier alpha value is -3.15. The highest BCUT2D eigenvalue weighted by molar-refractivity contribution is 5.95. The zero-order valence-electron chi connectivity index (χ0n) is 16.2. The topological polar surface area (TPSA) is 68.7 Å². The first-order valence-corrected chi connectivity index (χ1v) is 10.1. The largest absolute Gasteiger partial charge is 0.459 e. The van der Waals surface area contributed by atoms with Crippen molar-refractivity contribution >= 4 is 17.8 Å². The minimum absolute atomic E-state index is 0.0573. The van der Waals surface area contributed by atoms with Crippen LogP contribution in [0, 0.1) is 0 Å². The van der Waals surface area contributed by atoms with Crippen molar-refractivity contribution < 1.29 is 19.1 Å². The fourth-order valence-electron chi connectivity index (χ4n) is 3.91. The van der Waals surface area contributed by atoms with Crippen LogP contribution in [0.4, 0.5) is 4.79 Å². The molecule has 1 amide bonds. The van der Waals surface area contributed by atoms with Gasteiger partial charge in [0.15, 0.2) is 0 Å². The van der Waals surface area contributed by atoms with Gasteiger partial charge < -0.3 is 9.47 Å². The molecule has 0 N–H and O–H groups in total. The number of nitrogens with zero attached hydrogens (tertiary/aromatic N) is 2. The van der Waals surface area contributed by atoms with Crippen LogP contribution in [0.2, 0.25) is 0 Å². The van der Waals surface area contributed by atoms with Crippen LogP contribution in [-0.4, -0.2) is 34.7 Å². The summed E-state index contributed by atoms with van der Waals surface area (Å²) in [7, 11) is 0. The quantitative estimate of drug-likeness (QED) is 0.554. The van der Waals surface area contributed by atoms with E-state index in [2.05, 4.69) is 4.98 Å². The van der Waals surface area contributed by atoms with E-state index in [-0.39, 0.29) is 18.8 Å². The Bertz CT molecular complexity index is 876. The first-order valence-electron chi connectivity index (χ1n) is 10.1. The van der Waals surface area contributed by atoms with Crippen LogP contribution in [0.25, 0.3) is 5.70 Å². The normalized spacial score (nSPS) is 20.4. The molecule has 1 saturated carbocycles. The van der Waals surface area contributed by atoms with Gasteiger partial charge in [-0.1, -0.05) is 36.8 Å². The summed E-state index contributed by atoms with van der Waals surface area (Å²) in [6, 6.07) is 12.9. The number of pyridine rings is 1. The molecule has 1 aromatic heterocycles. The molecule has 2 heterocycles. The van der Waals surface area contributed by atoms with Crippen molar-refractivity contribution in [3.05, 3.63) is 72.1 Å². The number of amides is 1. The van der Waals surface area contributed by atoms with Gasteiger partial charge in [0.25, 0.3) is 0 Å². The number of esters is 1. The van der Waals surface area contributed by atoms with Crippen molar-refractivity contribution in [2.24, 2.45) is 0 Å². The smallest absolute Gasteiger partial charge is 0.415 e. The third-order valence-electron chi connectivity index (χ3n) is 5.36. The SMILES string of the molecule is O=C(C=C(c1cccnc1)N1C(=O)OC[C@H]1c1ccccc1)OC1CCCCC1. The summed E-state index contributed by atoms with van der Waals surface area (Å²) in [5.74, 6) is -0.442. The highest BCUT2D eigenvalue weighted by Gasteiger charge is 2.37. The Morgan fingerprint density at radius 3 is 2.62 bits per heavy atom. The van der Waals surface area contributed by atoms with E-state index < -0.39 is 12.1 Å². The summed E-state index contributed by atoms with van der Waals surface area (Å²) in [5, 5.41) is 0. The Morgan fingerprint density at radius 1 is 1.10 bits per heavy atom. The second-order valence-corrected chi connectivity index (χ2v) is 7.34. The van der Waals surface area contributed by atoms with Crippen molar-refractivity contribution in [2.45, 2.75) is 44.2 Å². The molecule has 150 valence electrons. The average Bonchev–Trinajstić information content (AvgIpc) is 3.15. The van der Waals surface area contributed by atoms with Crippen LogP contribution in [0.15, 0.2) is 60.9 Å². The van der Waals surface area contributed by atoms with E-state index in [1.54, 1.807) is 18.5 Å². The maximum atomic E-state index is 12.7. The van der Waals surface area contributed by atoms with Crippen LogP contribution >= 0.6 is 0 Å². The molecule has 0 bridgehead atoms. The summed E-state index contributed by atoms with van der Waals surface area (Å²) in [6.45, 7) is 0.220. The lowest BCUT2D eigenvalue weighted by Gasteiger charge is -2.25. The van der Waals surface area contributed by atoms with E-state index in [1.165, 1.54) is 17.4 Å². The highest BCUT2D eigenvalue weighted by Crippen LogP contribution is 2.35. The molecule has 0 spiro atoms. The molecular formula is C23H24N2O4. The van der Waals surface area contributed by atoms with Gasteiger partial charge in [0.1, 0.15) is 12.7 Å². The van der Waals surface area contributed by atoms with Gasteiger partial charge in [0.05, 0.1) is 11.7 Å². The predicted octanol–water partition coefficient (Wildman–Crippen LogP) is 4.49. The van der Waals surface area contributed by atoms with E-state index in [0.29, 0.717) is 11.3 Å². The second-order valence-electron chi connectivity index (χ2n) is 7.34. The Labute approximate surface area is 170 Å². The monoisotopic (exact) mass is 392 g/mol. The number of carbonyl (C=O) groups is 2. The molecule has 1 aromatic carbocycles. The van der Waals surface area contributed by atoms with Crippen LogP contribution in [0.1, 0.15) is 49.3 Å². The van der Waals surface area contributed by atoms with Crippen LogP contribution in [0.3, 0.4) is 0 Å². The molecule has 1 saturated heterocycles. The van der Waals surface area contributed by atoms with Crippen molar-refractivity contribution in [3.8, 4) is 0 Å². The Balaban J connectivity index is 1.66. The number of rotatable bonds is 5. The minimum atomic E-state index is -0.487. The number of ether oxygens (including phenoxy) is 2. The lowest BCUT2D eigenvalue weighted by molar-refractivity contribution is -0.144. The van der Waals surface area contributed by atoms with Gasteiger partial charge in [-0.2, -0.15) is 0 Å². The molecule has 2 aromatic rings. The summed E-state index contributed by atoms with van der Waals surface area (Å²) in [4.78, 5) is 31.0. The standard InChI is InChI=1S/C23H24N2O4/c26-22(29-19-11-5-2-6-12-19)14-20(18-10-7-13-24-15-18)25-21(16-28-23(25)27)17-8-3-1-4-9-17/h1,3-4,7-10,13-15,19,21H,2,5-6,11-12,16H2/t21-/m0/s1. The highest BCUT2D eigenvalue weighted by atomic mass is 16.6. The van der Waals surface area contributed by atoms with Crippen LogP contribution in [-0.2, 0) is 14.3 Å². The first-order chi connectivity index (χ1) is 14.2. The third kappa shape index (κ3) is 4.47. The summed E-state index contributed by atoms with van der Waals surface area (Å²) < 4.78 is 11.0. The maximum Gasteiger partial charge on any atom is 0.415 e. The molecule has 6 heteroatoms. The molecule has 1 atom stereocenters. The predicted molar refractivity (Wildman–Crippen MR) is 108 cm³/mol. The molecule has 1 aliphatic heterocycles. The molecule has 1 aliphatic carbocycles. The zero-order chi connectivity index (χ0) is 20.1. The van der Waals surface area contributed by atoms with E-state index in [9.17, 15) is 9.59 Å². The zero-order valence-corrected chi connectivity index (χ0v) is 16.2. The van der Waals surface area contributed by atoms with E-state index in [0.717, 1.165) is 31.2 Å². The fraction of sp³-hybridized carbons (Fsp3) is 0.348.